The number of amides is 1. The monoisotopic (exact) mass is 533 g/mol. The van der Waals surface area contributed by atoms with Gasteiger partial charge in [0, 0.05) is 32.2 Å². The van der Waals surface area contributed by atoms with Gasteiger partial charge in [0.1, 0.15) is 12.0 Å². The van der Waals surface area contributed by atoms with Crippen LogP contribution in [0, 0.1) is 13.8 Å². The number of methoxy groups -OCH3 is 1. The zero-order chi connectivity index (χ0) is 26.7. The van der Waals surface area contributed by atoms with Gasteiger partial charge in [-0.25, -0.2) is 13.4 Å². The van der Waals surface area contributed by atoms with Crippen LogP contribution < -0.4 is 4.74 Å². The third-order valence-corrected chi connectivity index (χ3v) is 9.20. The van der Waals surface area contributed by atoms with Gasteiger partial charge in [0.25, 0.3) is 5.91 Å². The predicted molar refractivity (Wildman–Crippen MR) is 140 cm³/mol. The highest BCUT2D eigenvalue weighted by Gasteiger charge is 2.40. The summed E-state index contributed by atoms with van der Waals surface area (Å²) in [6.07, 6.45) is 4.03. The Hall–Kier alpha value is -2.47. The molecule has 37 heavy (non-hydrogen) atoms. The molecule has 2 heterocycles. The van der Waals surface area contributed by atoms with Crippen LogP contribution in [0.3, 0.4) is 0 Å². The van der Waals surface area contributed by atoms with Gasteiger partial charge in [-0.1, -0.05) is 0 Å². The van der Waals surface area contributed by atoms with E-state index in [2.05, 4.69) is 28.9 Å². The van der Waals surface area contributed by atoms with Crippen molar-refractivity contribution in [1.29, 1.82) is 0 Å². The second-order valence-electron chi connectivity index (χ2n) is 10.3. The topological polar surface area (TPSA) is 99.4 Å². The summed E-state index contributed by atoms with van der Waals surface area (Å²) in [6.45, 7) is 8.55. The van der Waals surface area contributed by atoms with Crippen LogP contribution in [0.5, 0.6) is 5.75 Å². The van der Waals surface area contributed by atoms with Crippen molar-refractivity contribution >= 4 is 15.9 Å². The number of hydrogen-bond donors (Lipinski definition) is 0. The van der Waals surface area contributed by atoms with Crippen molar-refractivity contribution in [1.82, 2.24) is 24.0 Å². The van der Waals surface area contributed by atoms with Crippen molar-refractivity contribution in [2.75, 3.05) is 60.5 Å². The van der Waals surface area contributed by atoms with Gasteiger partial charge in [0.2, 0.25) is 15.9 Å². The number of rotatable bonds is 11. The lowest BCUT2D eigenvalue weighted by atomic mass is 10.1. The number of ether oxygens (including phenoxy) is 1. The minimum atomic E-state index is -3.80. The molecule has 4 rings (SSSR count). The Kier molecular flexibility index (Phi) is 8.57. The first-order valence-corrected chi connectivity index (χ1v) is 14.3. The van der Waals surface area contributed by atoms with E-state index >= 15 is 0 Å². The molecule has 2 aliphatic rings. The highest BCUT2D eigenvalue weighted by atomic mass is 32.2. The fourth-order valence-corrected chi connectivity index (χ4v) is 6.94. The molecular formula is C26H39N5O5S. The van der Waals surface area contributed by atoms with E-state index in [-0.39, 0.29) is 35.0 Å². The summed E-state index contributed by atoms with van der Waals surface area (Å²) in [5.41, 5.74) is 1.49. The highest BCUT2D eigenvalue weighted by Crippen LogP contribution is 2.36. The average molecular weight is 534 g/mol. The summed E-state index contributed by atoms with van der Waals surface area (Å²) >= 11 is 0. The van der Waals surface area contributed by atoms with E-state index in [0.717, 1.165) is 45.4 Å². The van der Waals surface area contributed by atoms with E-state index in [1.165, 1.54) is 10.6 Å². The quantitative estimate of drug-likeness (QED) is 0.434. The Morgan fingerprint density at radius 2 is 1.78 bits per heavy atom. The molecule has 0 N–H and O–H groups in total. The first kappa shape index (κ1) is 27.6. The molecule has 0 atom stereocenters. The van der Waals surface area contributed by atoms with Crippen LogP contribution in [0.1, 0.15) is 46.8 Å². The average Bonchev–Trinajstić information content (AvgIpc) is 3.58. The number of benzene rings is 1. The van der Waals surface area contributed by atoms with E-state index in [4.69, 9.17) is 9.15 Å². The van der Waals surface area contributed by atoms with Gasteiger partial charge < -0.3 is 19.0 Å². The molecule has 0 spiro atoms. The van der Waals surface area contributed by atoms with E-state index in [0.29, 0.717) is 30.0 Å². The van der Waals surface area contributed by atoms with E-state index in [1.807, 2.05) is 0 Å². The summed E-state index contributed by atoms with van der Waals surface area (Å²) in [5, 5.41) is 0. The van der Waals surface area contributed by atoms with Gasteiger partial charge in [-0.05, 0) is 83.6 Å². The fraction of sp³-hybridized carbons (Fsp3) is 0.615. The van der Waals surface area contributed by atoms with E-state index in [1.54, 1.807) is 38.0 Å². The summed E-state index contributed by atoms with van der Waals surface area (Å²) in [7, 11) is 1.91. The maximum absolute atomic E-state index is 13.7. The van der Waals surface area contributed by atoms with Crippen LogP contribution in [0.4, 0.5) is 0 Å². The smallest absolute Gasteiger partial charge is 0.275 e. The summed E-state index contributed by atoms with van der Waals surface area (Å²) < 4.78 is 39.8. The molecule has 10 nitrogen and oxygen atoms in total. The van der Waals surface area contributed by atoms with Gasteiger partial charge in [0.05, 0.1) is 18.6 Å². The Bertz CT molecular complexity index is 1180. The molecule has 0 radical (unpaired) electrons. The second kappa shape index (κ2) is 11.5. The third kappa shape index (κ3) is 6.51. The van der Waals surface area contributed by atoms with Crippen molar-refractivity contribution in [3.63, 3.8) is 0 Å². The summed E-state index contributed by atoms with van der Waals surface area (Å²) in [5.74, 6) is 0.674. The van der Waals surface area contributed by atoms with Crippen LogP contribution in [0.2, 0.25) is 0 Å². The largest absolute Gasteiger partial charge is 0.497 e. The number of carbonyl (C=O) groups excluding carboxylic acids is 1. The van der Waals surface area contributed by atoms with Crippen LogP contribution in [0.25, 0.3) is 0 Å². The van der Waals surface area contributed by atoms with Crippen LogP contribution >= 0.6 is 0 Å². The molecule has 2 aromatic rings. The lowest BCUT2D eigenvalue weighted by Crippen LogP contribution is -2.49. The Labute approximate surface area is 220 Å². The van der Waals surface area contributed by atoms with Crippen molar-refractivity contribution in [2.24, 2.45) is 0 Å². The van der Waals surface area contributed by atoms with Gasteiger partial charge >= 0.3 is 0 Å². The van der Waals surface area contributed by atoms with Crippen molar-refractivity contribution in [3.8, 4) is 5.75 Å². The lowest BCUT2D eigenvalue weighted by molar-refractivity contribution is 0.0628. The first-order valence-electron chi connectivity index (χ1n) is 12.9. The minimum Gasteiger partial charge on any atom is -0.497 e. The van der Waals surface area contributed by atoms with Crippen molar-refractivity contribution in [2.45, 2.75) is 50.6 Å². The van der Waals surface area contributed by atoms with Crippen molar-refractivity contribution in [3.05, 3.63) is 41.1 Å². The summed E-state index contributed by atoms with van der Waals surface area (Å²) in [4.78, 5) is 24.1. The maximum atomic E-state index is 13.7. The Balaban J connectivity index is 1.42. The molecule has 1 saturated carbocycles. The Morgan fingerprint density at radius 1 is 1.14 bits per heavy atom. The molecule has 1 saturated heterocycles. The molecule has 1 aromatic heterocycles. The molecule has 1 amide bonds. The molecule has 0 bridgehead atoms. The van der Waals surface area contributed by atoms with Crippen molar-refractivity contribution < 1.29 is 22.4 Å². The molecule has 1 aromatic carbocycles. The molecule has 0 unspecified atom stereocenters. The summed E-state index contributed by atoms with van der Waals surface area (Å²) in [6, 6.07) is 3.36. The Morgan fingerprint density at radius 3 is 2.35 bits per heavy atom. The normalized spacial score (nSPS) is 17.1. The number of aromatic nitrogens is 1. The highest BCUT2D eigenvalue weighted by molar-refractivity contribution is 7.89. The van der Waals surface area contributed by atoms with Gasteiger partial charge in [-0.2, -0.15) is 4.31 Å². The number of hydrogen-bond acceptors (Lipinski definition) is 8. The van der Waals surface area contributed by atoms with Gasteiger partial charge in [-0.3, -0.25) is 9.69 Å². The number of carbonyl (C=O) groups is 1. The molecular weight excluding hydrogens is 494 g/mol. The zero-order valence-electron chi connectivity index (χ0n) is 22.6. The van der Waals surface area contributed by atoms with E-state index < -0.39 is 10.0 Å². The number of piperazine rings is 1. The second-order valence-corrected chi connectivity index (χ2v) is 12.1. The number of sulfonamides is 1. The zero-order valence-corrected chi connectivity index (χ0v) is 23.4. The molecule has 2 fully saturated rings. The van der Waals surface area contributed by atoms with E-state index in [9.17, 15) is 13.2 Å². The number of oxazole rings is 1. The molecule has 1 aliphatic carbocycles. The maximum Gasteiger partial charge on any atom is 0.275 e. The van der Waals surface area contributed by atoms with Gasteiger partial charge in [-0.15, -0.1) is 0 Å². The number of nitrogens with zero attached hydrogens (tertiary/aromatic N) is 5. The standard InChI is InChI=1S/C26H39N5O5S/c1-19-15-22(35-5)16-20(2)25(19)37(33,34)31(21-7-8-21)17-24-27-23(18-36-24)26(32)30-13-11-29(12-14-30)10-6-9-28(3)4/h15-16,18,21H,6-14,17H2,1-5H3. The first-order chi connectivity index (χ1) is 17.6. The molecule has 1 aliphatic heterocycles. The van der Waals surface area contributed by atoms with Gasteiger partial charge in [0.15, 0.2) is 5.69 Å². The number of aryl methyl sites for hydroxylation is 2. The lowest BCUT2D eigenvalue weighted by Gasteiger charge is -2.34. The molecule has 204 valence electrons. The fourth-order valence-electron chi connectivity index (χ4n) is 4.89. The van der Waals surface area contributed by atoms with Crippen LogP contribution in [0.15, 0.2) is 27.7 Å². The predicted octanol–water partition coefficient (Wildman–Crippen LogP) is 2.36. The minimum absolute atomic E-state index is 0.00909. The van der Waals surface area contributed by atoms with Crippen LogP contribution in [-0.4, -0.2) is 105 Å². The van der Waals surface area contributed by atoms with Crippen LogP contribution in [-0.2, 0) is 16.6 Å². The third-order valence-electron chi connectivity index (χ3n) is 6.99. The molecule has 11 heteroatoms. The SMILES string of the molecule is COc1cc(C)c(S(=O)(=O)N(Cc2nc(C(=O)N3CCN(CCCN(C)C)CC3)co2)C2CC2)c(C)c1.